The quantitative estimate of drug-likeness (QED) is 0.604. The molecular weight excluding hydrogens is 298 g/mol. The van der Waals surface area contributed by atoms with Gasteiger partial charge < -0.3 is 25.8 Å². The summed E-state index contributed by atoms with van der Waals surface area (Å²) in [4.78, 5) is 19.4. The van der Waals surface area contributed by atoms with Gasteiger partial charge in [0, 0.05) is 19.0 Å². The van der Waals surface area contributed by atoms with Crippen molar-refractivity contribution in [2.75, 3.05) is 31.3 Å². The molecule has 8 heteroatoms. The van der Waals surface area contributed by atoms with Crippen LogP contribution >= 0.6 is 0 Å². The zero-order valence-corrected chi connectivity index (χ0v) is 14.1. The first-order valence-corrected chi connectivity index (χ1v) is 7.94. The summed E-state index contributed by atoms with van der Waals surface area (Å²) >= 11 is 0. The van der Waals surface area contributed by atoms with Crippen molar-refractivity contribution in [3.05, 3.63) is 6.20 Å². The molecule has 0 saturated carbocycles. The Labute approximate surface area is 137 Å². The van der Waals surface area contributed by atoms with E-state index in [2.05, 4.69) is 27.5 Å². The molecule has 130 valence electrons. The summed E-state index contributed by atoms with van der Waals surface area (Å²) in [6.45, 7) is 4.86. The maximum atomic E-state index is 11.3. The minimum atomic E-state index is -0.398. The minimum absolute atomic E-state index is 0.104. The molecule has 0 spiro atoms. The number of anilines is 2. The molecule has 0 fully saturated rings. The number of methoxy groups -OCH3 is 1. The van der Waals surface area contributed by atoms with Crippen LogP contribution in [0.2, 0.25) is 0 Å². The maximum absolute atomic E-state index is 11.3. The van der Waals surface area contributed by atoms with Gasteiger partial charge in [-0.15, -0.1) is 0 Å². The number of aromatic nitrogens is 2. The molecule has 8 nitrogen and oxygen atoms in total. The number of nitrogens with one attached hydrogen (secondary N) is 2. The van der Waals surface area contributed by atoms with E-state index in [1.807, 2.05) is 6.92 Å². The highest BCUT2D eigenvalue weighted by Crippen LogP contribution is 2.23. The second kappa shape index (κ2) is 10.5. The number of nitrogens with two attached hydrogens (primary N) is 1. The SMILES string of the molecule is CCCC[C@@H](CCOC(=O)NCC)Nc1nc(N)ncc1OC. The van der Waals surface area contributed by atoms with Crippen LogP contribution in [0.4, 0.5) is 16.6 Å². The second-order valence-electron chi connectivity index (χ2n) is 5.08. The van der Waals surface area contributed by atoms with Crippen molar-refractivity contribution in [3.8, 4) is 5.75 Å². The highest BCUT2D eigenvalue weighted by atomic mass is 16.5. The Bertz CT molecular complexity index is 484. The van der Waals surface area contributed by atoms with Crippen LogP contribution in [-0.2, 0) is 4.74 Å². The van der Waals surface area contributed by atoms with Crippen LogP contribution in [0.5, 0.6) is 5.75 Å². The van der Waals surface area contributed by atoms with Gasteiger partial charge in [0.05, 0.1) is 19.9 Å². The third-order valence-electron chi connectivity index (χ3n) is 3.26. The number of amides is 1. The maximum Gasteiger partial charge on any atom is 0.407 e. The van der Waals surface area contributed by atoms with Crippen molar-refractivity contribution >= 4 is 17.9 Å². The zero-order valence-electron chi connectivity index (χ0n) is 14.1. The van der Waals surface area contributed by atoms with Gasteiger partial charge in [-0.25, -0.2) is 9.78 Å². The number of nitrogens with zero attached hydrogens (tertiary/aromatic N) is 2. The Morgan fingerprint density at radius 3 is 2.83 bits per heavy atom. The summed E-state index contributed by atoms with van der Waals surface area (Å²) in [5.74, 6) is 1.27. The summed E-state index contributed by atoms with van der Waals surface area (Å²) in [6.07, 6.45) is 4.88. The molecule has 0 unspecified atom stereocenters. The Hall–Kier alpha value is -2.25. The predicted molar refractivity (Wildman–Crippen MR) is 89.6 cm³/mol. The molecule has 1 aromatic rings. The Morgan fingerprint density at radius 2 is 2.17 bits per heavy atom. The normalized spacial score (nSPS) is 11.6. The van der Waals surface area contributed by atoms with E-state index in [-0.39, 0.29) is 12.0 Å². The largest absolute Gasteiger partial charge is 0.491 e. The topological polar surface area (TPSA) is 111 Å². The summed E-state index contributed by atoms with van der Waals surface area (Å²) in [7, 11) is 1.55. The predicted octanol–water partition coefficient (Wildman–Crippen LogP) is 2.17. The average molecular weight is 325 g/mol. The molecule has 4 N–H and O–H groups in total. The lowest BCUT2D eigenvalue weighted by molar-refractivity contribution is 0.143. The van der Waals surface area contributed by atoms with E-state index < -0.39 is 6.09 Å². The second-order valence-corrected chi connectivity index (χ2v) is 5.08. The average Bonchev–Trinajstić information content (AvgIpc) is 2.53. The van der Waals surface area contributed by atoms with Crippen molar-refractivity contribution in [3.63, 3.8) is 0 Å². The van der Waals surface area contributed by atoms with Crippen LogP contribution in [0.1, 0.15) is 39.5 Å². The standard InChI is InChI=1S/C15H27N5O3/c1-4-6-7-11(8-9-23-15(21)17-5-2)19-13-12(22-3)10-18-14(16)20-13/h10-11H,4-9H2,1-3H3,(H,17,21)(H3,16,18,19,20)/t11-/m0/s1. The van der Waals surface area contributed by atoms with Crippen molar-refractivity contribution in [2.24, 2.45) is 0 Å². The lowest BCUT2D eigenvalue weighted by atomic mass is 10.1. The lowest BCUT2D eigenvalue weighted by Gasteiger charge is -2.20. The van der Waals surface area contributed by atoms with Crippen molar-refractivity contribution in [2.45, 2.75) is 45.6 Å². The van der Waals surface area contributed by atoms with Gasteiger partial charge >= 0.3 is 6.09 Å². The molecule has 0 aliphatic rings. The summed E-state index contributed by atoms with van der Waals surface area (Å²) in [5.41, 5.74) is 5.64. The number of carbonyl (C=O) groups is 1. The number of alkyl carbamates (subject to hydrolysis) is 1. The number of nitrogen functional groups attached to an aromatic ring is 1. The van der Waals surface area contributed by atoms with Crippen LogP contribution < -0.4 is 21.1 Å². The fraction of sp³-hybridized carbons (Fsp3) is 0.667. The molecule has 0 bridgehead atoms. The fourth-order valence-electron chi connectivity index (χ4n) is 2.06. The molecule has 0 aliphatic heterocycles. The molecule has 1 aromatic heterocycles. The van der Waals surface area contributed by atoms with E-state index in [9.17, 15) is 4.79 Å². The molecule has 0 saturated heterocycles. The Balaban J connectivity index is 2.63. The third-order valence-corrected chi connectivity index (χ3v) is 3.26. The van der Waals surface area contributed by atoms with Crippen molar-refractivity contribution in [1.82, 2.24) is 15.3 Å². The molecule has 1 rings (SSSR count). The number of ether oxygens (including phenoxy) is 2. The van der Waals surface area contributed by atoms with Gasteiger partial charge in [-0.05, 0) is 13.3 Å². The first-order chi connectivity index (χ1) is 11.1. The van der Waals surface area contributed by atoms with Crippen LogP contribution in [0.3, 0.4) is 0 Å². The summed E-state index contributed by atoms with van der Waals surface area (Å²) in [5, 5.41) is 5.91. The Morgan fingerprint density at radius 1 is 1.39 bits per heavy atom. The highest BCUT2D eigenvalue weighted by Gasteiger charge is 2.14. The van der Waals surface area contributed by atoms with Crippen LogP contribution in [0, 0.1) is 0 Å². The smallest absolute Gasteiger partial charge is 0.407 e. The third kappa shape index (κ3) is 7.03. The minimum Gasteiger partial charge on any atom is -0.491 e. The lowest BCUT2D eigenvalue weighted by Crippen LogP contribution is -2.27. The van der Waals surface area contributed by atoms with E-state index in [1.54, 1.807) is 7.11 Å². The molecular formula is C15H27N5O3. The fourth-order valence-corrected chi connectivity index (χ4v) is 2.06. The van der Waals surface area contributed by atoms with Gasteiger partial charge in [0.25, 0.3) is 0 Å². The summed E-state index contributed by atoms with van der Waals surface area (Å²) in [6, 6.07) is 0.104. The number of unbranched alkanes of at least 4 members (excludes halogenated alkanes) is 1. The van der Waals surface area contributed by atoms with Crippen molar-refractivity contribution in [1.29, 1.82) is 0 Å². The van der Waals surface area contributed by atoms with Gasteiger partial charge in [-0.1, -0.05) is 19.8 Å². The van der Waals surface area contributed by atoms with Gasteiger partial charge in [-0.2, -0.15) is 4.98 Å². The molecule has 0 aliphatic carbocycles. The van der Waals surface area contributed by atoms with Gasteiger partial charge in [-0.3, -0.25) is 0 Å². The van der Waals surface area contributed by atoms with E-state index in [0.717, 1.165) is 19.3 Å². The van der Waals surface area contributed by atoms with E-state index >= 15 is 0 Å². The Kier molecular flexibility index (Phi) is 8.56. The zero-order chi connectivity index (χ0) is 17.1. The molecule has 0 radical (unpaired) electrons. The van der Waals surface area contributed by atoms with Gasteiger partial charge in [0.2, 0.25) is 5.95 Å². The first kappa shape index (κ1) is 18.8. The number of rotatable bonds is 10. The molecule has 1 atom stereocenters. The van der Waals surface area contributed by atoms with Gasteiger partial charge in [0.15, 0.2) is 11.6 Å². The number of carbonyl (C=O) groups excluding carboxylic acids is 1. The monoisotopic (exact) mass is 325 g/mol. The van der Waals surface area contributed by atoms with E-state index in [0.29, 0.717) is 31.1 Å². The molecule has 1 heterocycles. The molecule has 1 amide bonds. The van der Waals surface area contributed by atoms with E-state index in [1.165, 1.54) is 6.20 Å². The molecule has 0 aromatic carbocycles. The van der Waals surface area contributed by atoms with Crippen LogP contribution in [0.25, 0.3) is 0 Å². The number of hydrogen-bond acceptors (Lipinski definition) is 7. The number of hydrogen-bond donors (Lipinski definition) is 3. The highest BCUT2D eigenvalue weighted by molar-refractivity contribution is 5.66. The van der Waals surface area contributed by atoms with Gasteiger partial charge in [0.1, 0.15) is 0 Å². The van der Waals surface area contributed by atoms with Crippen LogP contribution in [-0.4, -0.2) is 42.4 Å². The molecule has 23 heavy (non-hydrogen) atoms. The summed E-state index contributed by atoms with van der Waals surface area (Å²) < 4.78 is 10.4. The first-order valence-electron chi connectivity index (χ1n) is 7.94. The van der Waals surface area contributed by atoms with Crippen LogP contribution in [0.15, 0.2) is 6.20 Å². The van der Waals surface area contributed by atoms with Crippen molar-refractivity contribution < 1.29 is 14.3 Å². The van der Waals surface area contributed by atoms with E-state index in [4.69, 9.17) is 15.2 Å².